The van der Waals surface area contributed by atoms with Crippen LogP contribution in [0.5, 0.6) is 0 Å². The summed E-state index contributed by atoms with van der Waals surface area (Å²) < 4.78 is 0. The normalized spacial score (nSPS) is 11.4. The van der Waals surface area contributed by atoms with E-state index < -0.39 is 0 Å². The monoisotopic (exact) mass is 200 g/mol. The van der Waals surface area contributed by atoms with E-state index in [-0.39, 0.29) is 11.9 Å². The van der Waals surface area contributed by atoms with Gasteiger partial charge in [-0.3, -0.25) is 4.99 Å². The van der Waals surface area contributed by atoms with Crippen LogP contribution in [0.4, 0.5) is 0 Å². The standard InChI is InChI=1S/C8H20N6/c9-5-3-1-2-4-6-13-8(12)14-7(10)11/h1-6,9H2,(H6,10,11,12,13,14). The Morgan fingerprint density at radius 2 is 1.57 bits per heavy atom. The van der Waals surface area contributed by atoms with Gasteiger partial charge in [0.1, 0.15) is 0 Å². The molecule has 0 saturated carbocycles. The molecule has 0 rings (SSSR count). The van der Waals surface area contributed by atoms with Crippen molar-refractivity contribution < 1.29 is 0 Å². The first kappa shape index (κ1) is 12.7. The first-order valence-corrected chi connectivity index (χ1v) is 4.76. The van der Waals surface area contributed by atoms with Crippen LogP contribution in [0.25, 0.3) is 0 Å². The van der Waals surface area contributed by atoms with Crippen LogP contribution in [0.15, 0.2) is 9.98 Å². The molecule has 8 N–H and O–H groups in total. The maximum absolute atomic E-state index is 5.40. The minimum absolute atomic E-state index is 0.0608. The molecule has 0 aliphatic carbocycles. The fraction of sp³-hybridized carbons (Fsp3) is 0.750. The summed E-state index contributed by atoms with van der Waals surface area (Å²) >= 11 is 0. The van der Waals surface area contributed by atoms with E-state index in [2.05, 4.69) is 9.98 Å². The molecule has 0 aromatic heterocycles. The van der Waals surface area contributed by atoms with Crippen molar-refractivity contribution in [2.24, 2.45) is 32.9 Å². The largest absolute Gasteiger partial charge is 0.370 e. The third kappa shape index (κ3) is 8.79. The van der Waals surface area contributed by atoms with Crippen LogP contribution in [0.2, 0.25) is 0 Å². The van der Waals surface area contributed by atoms with Crippen molar-refractivity contribution >= 4 is 11.9 Å². The minimum Gasteiger partial charge on any atom is -0.370 e. The molecule has 6 nitrogen and oxygen atoms in total. The average Bonchev–Trinajstić information content (AvgIpc) is 2.10. The lowest BCUT2D eigenvalue weighted by Gasteiger charge is -1.97. The van der Waals surface area contributed by atoms with Crippen LogP contribution in [0, 0.1) is 0 Å². The lowest BCUT2D eigenvalue weighted by molar-refractivity contribution is 0.653. The van der Waals surface area contributed by atoms with E-state index in [4.69, 9.17) is 22.9 Å². The van der Waals surface area contributed by atoms with Gasteiger partial charge in [-0.2, -0.15) is 4.99 Å². The fourth-order valence-electron chi connectivity index (χ4n) is 0.971. The Hall–Kier alpha value is -1.30. The van der Waals surface area contributed by atoms with Crippen molar-refractivity contribution in [2.75, 3.05) is 13.1 Å². The maximum atomic E-state index is 5.40. The summed E-state index contributed by atoms with van der Waals surface area (Å²) in [6, 6.07) is 0. The number of nitrogens with zero attached hydrogens (tertiary/aromatic N) is 2. The van der Waals surface area contributed by atoms with Crippen molar-refractivity contribution in [1.29, 1.82) is 0 Å². The second kappa shape index (κ2) is 8.31. The molecule has 0 aliphatic heterocycles. The summed E-state index contributed by atoms with van der Waals surface area (Å²) in [6.07, 6.45) is 4.29. The predicted octanol–water partition coefficient (Wildman–Crippen LogP) is -0.906. The van der Waals surface area contributed by atoms with E-state index in [1.54, 1.807) is 0 Å². The minimum atomic E-state index is -0.0608. The van der Waals surface area contributed by atoms with Gasteiger partial charge in [0, 0.05) is 6.54 Å². The van der Waals surface area contributed by atoms with Gasteiger partial charge >= 0.3 is 0 Å². The van der Waals surface area contributed by atoms with Gasteiger partial charge in [0.2, 0.25) is 5.96 Å². The smallest absolute Gasteiger partial charge is 0.218 e. The lowest BCUT2D eigenvalue weighted by atomic mass is 10.2. The van der Waals surface area contributed by atoms with Crippen molar-refractivity contribution in [2.45, 2.75) is 25.7 Å². The summed E-state index contributed by atoms with van der Waals surface area (Å²) in [5.41, 5.74) is 21.0. The molecule has 0 bridgehead atoms. The van der Waals surface area contributed by atoms with Crippen LogP contribution >= 0.6 is 0 Å². The molecule has 0 aromatic rings. The van der Waals surface area contributed by atoms with Gasteiger partial charge in [-0.15, -0.1) is 0 Å². The number of rotatable bonds is 6. The first-order chi connectivity index (χ1) is 6.66. The van der Waals surface area contributed by atoms with Gasteiger partial charge in [-0.05, 0) is 19.4 Å². The number of unbranched alkanes of at least 4 members (excludes halogenated alkanes) is 3. The van der Waals surface area contributed by atoms with Gasteiger partial charge in [0.25, 0.3) is 0 Å². The molecule has 14 heavy (non-hydrogen) atoms. The lowest BCUT2D eigenvalue weighted by Crippen LogP contribution is -2.26. The Bertz CT molecular complexity index is 194. The molecule has 0 aromatic carbocycles. The summed E-state index contributed by atoms with van der Waals surface area (Å²) in [7, 11) is 0. The molecule has 0 radical (unpaired) electrons. The molecule has 0 spiro atoms. The summed E-state index contributed by atoms with van der Waals surface area (Å²) in [5.74, 6) is 0.0817. The maximum Gasteiger partial charge on any atom is 0.218 e. The number of hydrogen-bond acceptors (Lipinski definition) is 2. The van der Waals surface area contributed by atoms with Gasteiger partial charge < -0.3 is 22.9 Å². The van der Waals surface area contributed by atoms with E-state index >= 15 is 0 Å². The molecule has 0 saturated heterocycles. The highest BCUT2D eigenvalue weighted by atomic mass is 15.1. The first-order valence-electron chi connectivity index (χ1n) is 4.76. The Balaban J connectivity index is 3.47. The van der Waals surface area contributed by atoms with Crippen LogP contribution in [0.3, 0.4) is 0 Å². The van der Waals surface area contributed by atoms with E-state index in [0.717, 1.165) is 32.2 Å². The van der Waals surface area contributed by atoms with E-state index in [0.29, 0.717) is 6.54 Å². The Morgan fingerprint density at radius 3 is 2.14 bits per heavy atom. The molecule has 82 valence electrons. The quantitative estimate of drug-likeness (QED) is 0.251. The van der Waals surface area contributed by atoms with Gasteiger partial charge in [0.15, 0.2) is 5.96 Å². The molecule has 6 heteroatoms. The molecule has 0 atom stereocenters. The zero-order valence-electron chi connectivity index (χ0n) is 8.45. The average molecular weight is 200 g/mol. The highest BCUT2D eigenvalue weighted by molar-refractivity contribution is 5.92. The number of nitrogens with two attached hydrogens (primary N) is 4. The van der Waals surface area contributed by atoms with Crippen LogP contribution in [-0.2, 0) is 0 Å². The van der Waals surface area contributed by atoms with Crippen molar-refractivity contribution in [3.63, 3.8) is 0 Å². The van der Waals surface area contributed by atoms with Crippen LogP contribution in [0.1, 0.15) is 25.7 Å². The number of hydrogen-bond donors (Lipinski definition) is 4. The third-order valence-corrected chi connectivity index (χ3v) is 1.63. The predicted molar refractivity (Wildman–Crippen MR) is 59.8 cm³/mol. The highest BCUT2D eigenvalue weighted by Crippen LogP contribution is 1.98. The topological polar surface area (TPSA) is 129 Å². The van der Waals surface area contributed by atoms with Gasteiger partial charge in [0.05, 0.1) is 0 Å². The summed E-state index contributed by atoms with van der Waals surface area (Å²) in [5, 5.41) is 0. The molecule has 0 fully saturated rings. The fourth-order valence-corrected chi connectivity index (χ4v) is 0.971. The molecule has 0 aliphatic rings. The van der Waals surface area contributed by atoms with E-state index in [1.807, 2.05) is 0 Å². The van der Waals surface area contributed by atoms with Crippen molar-refractivity contribution in [1.82, 2.24) is 0 Å². The van der Waals surface area contributed by atoms with Gasteiger partial charge in [-0.1, -0.05) is 12.8 Å². The Labute approximate surface area is 84.4 Å². The molecule has 0 amide bonds. The Kier molecular flexibility index (Phi) is 7.53. The second-order valence-corrected chi connectivity index (χ2v) is 2.98. The van der Waals surface area contributed by atoms with Crippen molar-refractivity contribution in [3.8, 4) is 0 Å². The molecule has 0 heterocycles. The SMILES string of the molecule is NCCCCCCN=C(N)N=C(N)N. The number of aliphatic imine (C=N–C) groups is 2. The molecular formula is C8H20N6. The van der Waals surface area contributed by atoms with Crippen LogP contribution in [-0.4, -0.2) is 25.0 Å². The molecular weight excluding hydrogens is 180 g/mol. The van der Waals surface area contributed by atoms with Gasteiger partial charge in [-0.25, -0.2) is 0 Å². The zero-order chi connectivity index (χ0) is 10.8. The van der Waals surface area contributed by atoms with E-state index in [9.17, 15) is 0 Å². The Morgan fingerprint density at radius 1 is 0.929 bits per heavy atom. The molecule has 0 unspecified atom stereocenters. The third-order valence-electron chi connectivity index (χ3n) is 1.63. The highest BCUT2D eigenvalue weighted by Gasteiger charge is 1.90. The zero-order valence-corrected chi connectivity index (χ0v) is 8.45. The van der Waals surface area contributed by atoms with E-state index in [1.165, 1.54) is 0 Å². The second-order valence-electron chi connectivity index (χ2n) is 2.98. The number of guanidine groups is 2. The summed E-state index contributed by atoms with van der Waals surface area (Å²) in [6.45, 7) is 1.41. The van der Waals surface area contributed by atoms with Crippen LogP contribution < -0.4 is 22.9 Å². The summed E-state index contributed by atoms with van der Waals surface area (Å²) in [4.78, 5) is 7.57. The van der Waals surface area contributed by atoms with Crippen molar-refractivity contribution in [3.05, 3.63) is 0 Å².